The summed E-state index contributed by atoms with van der Waals surface area (Å²) in [5, 5.41) is 8.77. The molecule has 0 spiro atoms. The lowest BCUT2D eigenvalue weighted by molar-refractivity contribution is -0.127. The predicted molar refractivity (Wildman–Crippen MR) is 159 cm³/mol. The van der Waals surface area contributed by atoms with Gasteiger partial charge in [0.15, 0.2) is 5.65 Å². The highest BCUT2D eigenvalue weighted by Crippen LogP contribution is 2.27. The third-order valence-corrected chi connectivity index (χ3v) is 7.85. The highest BCUT2D eigenvalue weighted by molar-refractivity contribution is 6.35. The molecule has 9 heteroatoms. The summed E-state index contributed by atoms with van der Waals surface area (Å²) in [5.41, 5.74) is 6.63. The lowest BCUT2D eigenvalue weighted by atomic mass is 10.0. The second-order valence-electron chi connectivity index (χ2n) is 10.3. The summed E-state index contributed by atoms with van der Waals surface area (Å²) in [6.07, 6.45) is 9.26. The van der Waals surface area contributed by atoms with Crippen molar-refractivity contribution in [1.29, 1.82) is 0 Å². The van der Waals surface area contributed by atoms with E-state index >= 15 is 0 Å². The number of nitrogens with zero attached hydrogens (tertiary/aromatic N) is 4. The monoisotopic (exact) mass is 564 g/mol. The van der Waals surface area contributed by atoms with Crippen LogP contribution < -0.4 is 5.32 Å². The zero-order valence-corrected chi connectivity index (χ0v) is 23.4. The average Bonchev–Trinajstić information content (AvgIpc) is 3.66. The first-order valence-electron chi connectivity index (χ1n) is 13.7. The van der Waals surface area contributed by atoms with Crippen molar-refractivity contribution in [2.75, 3.05) is 6.54 Å². The number of H-pyrrole nitrogens is 1. The van der Waals surface area contributed by atoms with E-state index < -0.39 is 6.04 Å². The van der Waals surface area contributed by atoms with Crippen LogP contribution in [-0.4, -0.2) is 49.0 Å². The quantitative estimate of drug-likeness (QED) is 0.149. The van der Waals surface area contributed by atoms with Crippen LogP contribution in [0.3, 0.4) is 0 Å². The number of para-hydroxylation sites is 1. The standard InChI is InChI=1S/C32H29ClN6O2/c1-21-11-12-22(17-23(21)13-14-25-20-34-29-10-6-15-36-39(25)29)7-3-2-4-16-38-31(40)28(37-32(38)41)18-24-19-35-30-26(24)8-5-9-27(30)33/h5-6,8-12,15,17,19-20,28,35H,2-4,7,16,18H2,1H3,(H,37,41). The first-order chi connectivity index (χ1) is 20.0. The van der Waals surface area contributed by atoms with E-state index in [1.165, 1.54) is 10.5 Å². The van der Waals surface area contributed by atoms with Crippen LogP contribution in [0.2, 0.25) is 5.02 Å². The minimum atomic E-state index is -0.566. The molecule has 3 amide bonds. The first-order valence-corrected chi connectivity index (χ1v) is 14.1. The number of urea groups is 1. The van der Waals surface area contributed by atoms with Gasteiger partial charge in [0, 0.05) is 36.3 Å². The van der Waals surface area contributed by atoms with Crippen LogP contribution in [-0.2, 0) is 17.6 Å². The lowest BCUT2D eigenvalue weighted by Gasteiger charge is -2.13. The van der Waals surface area contributed by atoms with Gasteiger partial charge in [-0.25, -0.2) is 14.3 Å². The van der Waals surface area contributed by atoms with E-state index in [2.05, 4.69) is 57.3 Å². The zero-order chi connectivity index (χ0) is 28.3. The fraction of sp³-hybridized carbons (Fsp3) is 0.250. The van der Waals surface area contributed by atoms with Crippen molar-refractivity contribution in [2.24, 2.45) is 0 Å². The number of rotatable bonds is 8. The highest BCUT2D eigenvalue weighted by atomic mass is 35.5. The molecule has 1 saturated heterocycles. The number of amides is 3. The van der Waals surface area contributed by atoms with Gasteiger partial charge in [-0.05, 0) is 73.1 Å². The van der Waals surface area contributed by atoms with Gasteiger partial charge >= 0.3 is 6.03 Å². The number of benzene rings is 2. The number of carbonyl (C=O) groups is 2. The summed E-state index contributed by atoms with van der Waals surface area (Å²) < 4.78 is 1.73. The van der Waals surface area contributed by atoms with Gasteiger partial charge < -0.3 is 10.3 Å². The van der Waals surface area contributed by atoms with Gasteiger partial charge in [0.05, 0.1) is 16.7 Å². The molecule has 8 nitrogen and oxygen atoms in total. The number of imidazole rings is 1. The number of unbranched alkanes of at least 4 members (excludes halogenated alkanes) is 2. The van der Waals surface area contributed by atoms with Crippen LogP contribution in [0, 0.1) is 18.8 Å². The minimum Gasteiger partial charge on any atom is -0.360 e. The maximum atomic E-state index is 13.0. The highest BCUT2D eigenvalue weighted by Gasteiger charge is 2.37. The molecule has 41 heavy (non-hydrogen) atoms. The van der Waals surface area contributed by atoms with Crippen LogP contribution in [0.4, 0.5) is 4.79 Å². The minimum absolute atomic E-state index is 0.172. The van der Waals surface area contributed by atoms with Gasteiger partial charge in [-0.2, -0.15) is 5.10 Å². The van der Waals surface area contributed by atoms with Gasteiger partial charge in [0.1, 0.15) is 11.7 Å². The fourth-order valence-corrected chi connectivity index (χ4v) is 5.50. The number of halogens is 1. The van der Waals surface area contributed by atoms with E-state index in [-0.39, 0.29) is 11.9 Å². The first kappa shape index (κ1) is 26.6. The average molecular weight is 565 g/mol. The number of aryl methyl sites for hydroxylation is 2. The molecule has 5 aromatic rings. The summed E-state index contributed by atoms with van der Waals surface area (Å²) in [5.74, 6) is 6.31. The van der Waals surface area contributed by atoms with Crippen molar-refractivity contribution in [3.8, 4) is 11.8 Å². The van der Waals surface area contributed by atoms with Crippen molar-refractivity contribution in [3.63, 3.8) is 0 Å². The molecule has 2 N–H and O–H groups in total. The molecule has 1 fully saturated rings. The molecule has 1 unspecified atom stereocenters. The van der Waals surface area contributed by atoms with E-state index in [0.29, 0.717) is 18.0 Å². The fourth-order valence-electron chi connectivity index (χ4n) is 5.27. The van der Waals surface area contributed by atoms with Crippen molar-refractivity contribution >= 4 is 40.1 Å². The number of aromatic nitrogens is 4. The van der Waals surface area contributed by atoms with Crippen molar-refractivity contribution in [3.05, 3.63) is 100 Å². The Hall–Kier alpha value is -4.61. The van der Waals surface area contributed by atoms with Gasteiger partial charge in [0.25, 0.3) is 5.91 Å². The predicted octanol–water partition coefficient (Wildman–Crippen LogP) is 5.45. The van der Waals surface area contributed by atoms with E-state index in [4.69, 9.17) is 11.6 Å². The van der Waals surface area contributed by atoms with Crippen LogP contribution in [0.1, 0.15) is 47.2 Å². The largest absolute Gasteiger partial charge is 0.360 e. The summed E-state index contributed by atoms with van der Waals surface area (Å²) in [6, 6.07) is 14.9. The van der Waals surface area contributed by atoms with Gasteiger partial charge in [-0.1, -0.05) is 48.2 Å². The number of fused-ring (bicyclic) bond motifs is 2. The summed E-state index contributed by atoms with van der Waals surface area (Å²) in [6.45, 7) is 2.47. The molecule has 0 radical (unpaired) electrons. The molecule has 0 aliphatic carbocycles. The topological polar surface area (TPSA) is 95.4 Å². The second-order valence-corrected chi connectivity index (χ2v) is 10.7. The SMILES string of the molecule is Cc1ccc(CCCCCN2C(=O)NC(Cc3c[nH]c4c(Cl)cccc34)C2=O)cc1C#Cc1cnc2cccnn12. The number of imide groups is 1. The van der Waals surface area contributed by atoms with Crippen molar-refractivity contribution in [1.82, 2.24) is 29.8 Å². The van der Waals surface area contributed by atoms with Gasteiger partial charge in [-0.3, -0.25) is 9.69 Å². The van der Waals surface area contributed by atoms with Gasteiger partial charge in [-0.15, -0.1) is 0 Å². The Balaban J connectivity index is 1.01. The Morgan fingerprint density at radius 3 is 2.85 bits per heavy atom. The third kappa shape index (κ3) is 5.54. The molecule has 3 aromatic heterocycles. The zero-order valence-electron chi connectivity index (χ0n) is 22.7. The maximum Gasteiger partial charge on any atom is 0.324 e. The molecular weight excluding hydrogens is 536 g/mol. The van der Waals surface area contributed by atoms with E-state index in [0.717, 1.165) is 64.6 Å². The molecule has 2 aromatic carbocycles. The molecule has 0 saturated carbocycles. The summed E-state index contributed by atoms with van der Waals surface area (Å²) in [4.78, 5) is 34.4. The Morgan fingerprint density at radius 2 is 1.95 bits per heavy atom. The summed E-state index contributed by atoms with van der Waals surface area (Å²) in [7, 11) is 0. The Kier molecular flexibility index (Phi) is 7.45. The van der Waals surface area contributed by atoms with Crippen molar-refractivity contribution in [2.45, 2.75) is 45.1 Å². The van der Waals surface area contributed by atoms with Gasteiger partial charge in [0.2, 0.25) is 0 Å². The summed E-state index contributed by atoms with van der Waals surface area (Å²) >= 11 is 6.26. The van der Waals surface area contributed by atoms with Crippen LogP contribution in [0.25, 0.3) is 16.6 Å². The number of carbonyl (C=O) groups excluding carboxylic acids is 2. The number of nitrogens with one attached hydrogen (secondary N) is 2. The van der Waals surface area contributed by atoms with Crippen LogP contribution in [0.5, 0.6) is 0 Å². The number of hydrogen-bond acceptors (Lipinski definition) is 4. The Morgan fingerprint density at radius 1 is 1.05 bits per heavy atom. The van der Waals surface area contributed by atoms with E-state index in [9.17, 15) is 9.59 Å². The molecule has 4 heterocycles. The lowest BCUT2D eigenvalue weighted by Crippen LogP contribution is -2.33. The molecule has 206 valence electrons. The molecule has 1 atom stereocenters. The number of hydrogen-bond donors (Lipinski definition) is 2. The van der Waals surface area contributed by atoms with Crippen molar-refractivity contribution < 1.29 is 9.59 Å². The Labute approximate surface area is 242 Å². The second kappa shape index (κ2) is 11.5. The normalized spacial score (nSPS) is 15.0. The maximum absolute atomic E-state index is 13.0. The Bertz CT molecular complexity index is 1830. The molecule has 1 aliphatic heterocycles. The molecular formula is C32H29ClN6O2. The van der Waals surface area contributed by atoms with E-state index in [1.54, 1.807) is 16.9 Å². The van der Waals surface area contributed by atoms with Crippen LogP contribution >= 0.6 is 11.6 Å². The van der Waals surface area contributed by atoms with Crippen LogP contribution in [0.15, 0.2) is 67.1 Å². The molecule has 6 rings (SSSR count). The van der Waals surface area contributed by atoms with E-state index in [1.807, 2.05) is 36.5 Å². The number of aromatic amines is 1. The molecule has 1 aliphatic rings. The molecule has 0 bridgehead atoms. The smallest absolute Gasteiger partial charge is 0.324 e. The third-order valence-electron chi connectivity index (χ3n) is 7.53.